The maximum Gasteiger partial charge on any atom is 0.433 e. The van der Waals surface area contributed by atoms with Crippen LogP contribution in [0.2, 0.25) is 10.3 Å². The second-order valence-electron chi connectivity index (χ2n) is 14.1. The van der Waals surface area contributed by atoms with Gasteiger partial charge >= 0.3 is 12.4 Å². The van der Waals surface area contributed by atoms with Gasteiger partial charge in [0.05, 0.1) is 17.1 Å². The minimum Gasteiger partial charge on any atom is -0.396 e. The van der Waals surface area contributed by atoms with Crippen molar-refractivity contribution in [3.05, 3.63) is 149 Å². The molecule has 372 valence electrons. The molecule has 0 saturated heterocycles. The highest BCUT2D eigenvalue weighted by Gasteiger charge is 2.34. The summed E-state index contributed by atoms with van der Waals surface area (Å²) in [5.74, 6) is -3.28. The summed E-state index contributed by atoms with van der Waals surface area (Å²) in [6.07, 6.45) is -2.16. The number of carbonyl (C=O) groups excluding carboxylic acids is 2. The van der Waals surface area contributed by atoms with Crippen molar-refractivity contribution in [1.82, 2.24) is 54.1 Å². The highest BCUT2D eigenvalue weighted by Crippen LogP contribution is 2.32. The molecular weight excluding hydrogens is 1010 g/mol. The fourth-order valence-corrected chi connectivity index (χ4v) is 6.02. The molecule has 0 unspecified atom stereocenters. The third-order valence-electron chi connectivity index (χ3n) is 8.73. The Kier molecular flexibility index (Phi) is 16.3. The van der Waals surface area contributed by atoms with Gasteiger partial charge in [0.1, 0.15) is 33.8 Å². The summed E-state index contributed by atoms with van der Waals surface area (Å²) >= 11 is 10.9. The average molecular weight is 1050 g/mol. The minimum atomic E-state index is -4.63. The number of carbonyl (C=O) groups is 2. The number of anilines is 6. The van der Waals surface area contributed by atoms with Crippen molar-refractivity contribution in [2.45, 2.75) is 26.2 Å². The number of hydrogen-bond acceptors (Lipinski definition) is 14. The van der Waals surface area contributed by atoms with Crippen LogP contribution >= 0.6 is 23.2 Å². The molecule has 7 N–H and O–H groups in total. The molecule has 72 heavy (non-hydrogen) atoms. The third-order valence-corrected chi connectivity index (χ3v) is 9.26. The van der Waals surface area contributed by atoms with E-state index >= 15 is 0 Å². The monoisotopic (exact) mass is 1040 g/mol. The highest BCUT2D eigenvalue weighted by molar-refractivity contribution is 6.30. The van der Waals surface area contributed by atoms with Crippen molar-refractivity contribution in [3.8, 4) is 23.0 Å². The summed E-state index contributed by atoms with van der Waals surface area (Å²) in [6.45, 7) is 2.52. The van der Waals surface area contributed by atoms with Gasteiger partial charge in [0.2, 0.25) is 23.5 Å². The lowest BCUT2D eigenvalue weighted by Crippen LogP contribution is -2.11. The Morgan fingerprint density at radius 3 is 1.43 bits per heavy atom. The van der Waals surface area contributed by atoms with E-state index in [-0.39, 0.29) is 73.8 Å². The molecule has 2 amide bonds. The van der Waals surface area contributed by atoms with Crippen molar-refractivity contribution >= 4 is 80.6 Å². The summed E-state index contributed by atoms with van der Waals surface area (Å²) in [7, 11) is 0. The fraction of sp³-hybridized carbons (Fsp3) is 0.0930. The number of amides is 2. The smallest absolute Gasteiger partial charge is 0.396 e. The lowest BCUT2D eigenvalue weighted by Gasteiger charge is -2.12. The van der Waals surface area contributed by atoms with Crippen LogP contribution in [0.15, 0.2) is 110 Å². The highest BCUT2D eigenvalue weighted by atomic mass is 35.5. The van der Waals surface area contributed by atoms with Gasteiger partial charge in [-0.1, -0.05) is 35.3 Å². The lowest BCUT2D eigenvalue weighted by atomic mass is 10.3. The van der Waals surface area contributed by atoms with Crippen LogP contribution in [0, 0.1) is 17.5 Å². The molecule has 0 spiro atoms. The number of pyridine rings is 5. The molecule has 0 aliphatic heterocycles. The Hall–Kier alpha value is -8.72. The molecule has 9 aromatic rings. The molecule has 0 bridgehead atoms. The molecule has 29 heteroatoms. The lowest BCUT2D eigenvalue weighted by molar-refractivity contribution is -0.141. The zero-order valence-electron chi connectivity index (χ0n) is 36.4. The number of nitrogen functional groups attached to an aromatic ring is 1. The van der Waals surface area contributed by atoms with E-state index in [1.807, 2.05) is 0 Å². The van der Waals surface area contributed by atoms with Crippen LogP contribution in [0.5, 0.6) is 0 Å². The van der Waals surface area contributed by atoms with E-state index in [0.29, 0.717) is 11.0 Å². The van der Waals surface area contributed by atoms with E-state index in [4.69, 9.17) is 28.9 Å². The SMILES string of the molecule is CC(=O)Nc1nccc(Nc2nc(-c3cccc(C(F)(F)F)n3)nn3cccc23)c1F.CC(N)=O.Fc1c(Nc2nc(-c3cccc(C(F)(F)F)n3)nn3cccc23)ccnc1Cl.Nc1ccnc(Cl)c1F. The van der Waals surface area contributed by atoms with Crippen molar-refractivity contribution in [3.63, 3.8) is 0 Å². The zero-order chi connectivity index (χ0) is 52.5. The first-order chi connectivity index (χ1) is 34.0. The first kappa shape index (κ1) is 52.6. The Morgan fingerprint density at radius 2 is 1.00 bits per heavy atom. The molecule has 18 nitrogen and oxygen atoms in total. The Balaban J connectivity index is 0.000000189. The number of aromatic nitrogens is 11. The summed E-state index contributed by atoms with van der Waals surface area (Å²) in [5.41, 5.74) is 8.14. The first-order valence-electron chi connectivity index (χ1n) is 19.9. The topological polar surface area (TPSA) is 247 Å². The summed E-state index contributed by atoms with van der Waals surface area (Å²) < 4.78 is 122. The van der Waals surface area contributed by atoms with Gasteiger partial charge in [-0.15, -0.1) is 10.2 Å². The molecule has 0 aromatic carbocycles. The van der Waals surface area contributed by atoms with Gasteiger partial charge in [-0.25, -0.2) is 57.1 Å². The van der Waals surface area contributed by atoms with Crippen LogP contribution in [-0.2, 0) is 21.9 Å². The van der Waals surface area contributed by atoms with Crippen molar-refractivity contribution in [1.29, 1.82) is 0 Å². The summed E-state index contributed by atoms with van der Waals surface area (Å²) in [5, 5.41) is 15.7. The van der Waals surface area contributed by atoms with E-state index < -0.39 is 47.1 Å². The van der Waals surface area contributed by atoms with Gasteiger partial charge in [-0.2, -0.15) is 26.3 Å². The normalized spacial score (nSPS) is 11.1. The quantitative estimate of drug-likeness (QED) is 0.0737. The molecule has 9 rings (SSSR count). The van der Waals surface area contributed by atoms with Crippen molar-refractivity contribution in [2.24, 2.45) is 5.73 Å². The van der Waals surface area contributed by atoms with Crippen LogP contribution < -0.4 is 27.4 Å². The Labute approximate surface area is 408 Å². The van der Waals surface area contributed by atoms with Gasteiger partial charge < -0.3 is 27.4 Å². The number of primary amides is 1. The predicted molar refractivity (Wildman–Crippen MR) is 245 cm³/mol. The maximum absolute atomic E-state index is 14.7. The van der Waals surface area contributed by atoms with E-state index in [2.05, 4.69) is 66.8 Å². The number of alkyl halides is 6. The third kappa shape index (κ3) is 13.3. The molecule has 0 saturated carbocycles. The molecule has 0 radical (unpaired) electrons. The maximum atomic E-state index is 14.7. The zero-order valence-corrected chi connectivity index (χ0v) is 38.0. The van der Waals surface area contributed by atoms with E-state index in [1.54, 1.807) is 36.7 Å². The van der Waals surface area contributed by atoms with Crippen LogP contribution in [0.1, 0.15) is 25.2 Å². The first-order valence-corrected chi connectivity index (χ1v) is 20.6. The largest absolute Gasteiger partial charge is 0.433 e. The van der Waals surface area contributed by atoms with Crippen LogP contribution in [-0.4, -0.2) is 65.9 Å². The standard InChI is InChI=1S/C19H13F4N7O.C17H9ClF4N6.C5H4ClFN2.C2H5NO/c1-10(31)25-18-15(20)11(7-8-24-18)27-17-13-5-3-9-30(13)29-16(28-17)12-4-2-6-14(26-12)19(21,22)23;18-14-13(19)9(6-7-23-14)25-16-11-4-2-8-28(11)27-15(26-16)10-3-1-5-12(24-10)17(20,21)22;6-5-4(7)3(8)1-2-9-5;1-2(3)4/h2-9H,1H3,(H2,24,25,27,28,29,31);1-8H,(H,23,25,26,27);1-2H,(H2,8,9);1H3,(H2,3,4). The molecule has 9 aromatic heterocycles. The van der Waals surface area contributed by atoms with Gasteiger partial charge in [-0.3, -0.25) is 9.59 Å². The summed E-state index contributed by atoms with van der Waals surface area (Å²) in [4.78, 5) is 47.0. The number of nitrogens with zero attached hydrogens (tertiary/aromatic N) is 11. The van der Waals surface area contributed by atoms with Gasteiger partial charge in [0.25, 0.3) is 0 Å². The Bertz CT molecular complexity index is 3390. The van der Waals surface area contributed by atoms with Crippen molar-refractivity contribution < 1.29 is 49.1 Å². The van der Waals surface area contributed by atoms with Gasteiger partial charge in [0.15, 0.2) is 45.2 Å². The number of rotatable bonds is 7. The van der Waals surface area contributed by atoms with Crippen molar-refractivity contribution in [2.75, 3.05) is 21.7 Å². The van der Waals surface area contributed by atoms with E-state index in [9.17, 15) is 49.1 Å². The number of fused-ring (bicyclic) bond motifs is 2. The van der Waals surface area contributed by atoms with Crippen LogP contribution in [0.3, 0.4) is 0 Å². The second kappa shape index (κ2) is 22.4. The van der Waals surface area contributed by atoms with E-state index in [1.165, 1.54) is 83.9 Å². The average Bonchev–Trinajstić information content (AvgIpc) is 4.02. The predicted octanol–water partition coefficient (Wildman–Crippen LogP) is 9.74. The molecule has 0 fully saturated rings. The van der Waals surface area contributed by atoms with E-state index in [0.717, 1.165) is 12.1 Å². The molecule has 9 heterocycles. The minimum absolute atomic E-state index is 0.00440. The number of nitrogens with two attached hydrogens (primary N) is 2. The van der Waals surface area contributed by atoms with Crippen LogP contribution in [0.25, 0.3) is 34.1 Å². The van der Waals surface area contributed by atoms with Crippen LogP contribution in [0.4, 0.5) is 74.0 Å². The molecule has 0 aliphatic carbocycles. The molecule has 0 atom stereocenters. The number of nitrogens with one attached hydrogen (secondary N) is 3. The molecule has 0 aliphatic rings. The second-order valence-corrected chi connectivity index (χ2v) is 14.8. The number of halogens is 11. The summed E-state index contributed by atoms with van der Waals surface area (Å²) in [6, 6.07) is 17.4. The van der Waals surface area contributed by atoms with Gasteiger partial charge in [0, 0.05) is 44.8 Å². The van der Waals surface area contributed by atoms with Gasteiger partial charge in [-0.05, 0) is 66.7 Å². The fourth-order valence-electron chi connectivity index (χ4n) is 5.70. The Morgan fingerprint density at radius 1 is 0.569 bits per heavy atom. The molecular formula is C43H31Cl2F9N16O2. The number of hydrogen-bond donors (Lipinski definition) is 5.